The second kappa shape index (κ2) is 3.37. The van der Waals surface area contributed by atoms with Gasteiger partial charge in [0.15, 0.2) is 0 Å². The molecule has 0 amide bonds. The van der Waals surface area contributed by atoms with Crippen molar-refractivity contribution >= 4 is 5.69 Å². The van der Waals surface area contributed by atoms with Crippen molar-refractivity contribution in [2.75, 3.05) is 5.73 Å². The molecular weight excluding hydrogens is 198 g/mol. The first-order chi connectivity index (χ1) is 7.75. The van der Waals surface area contributed by atoms with Crippen molar-refractivity contribution in [3.63, 3.8) is 0 Å². The first-order valence-electron chi connectivity index (χ1n) is 5.60. The maximum absolute atomic E-state index is 5.97. The number of nitrogens with zero attached hydrogens (tertiary/aromatic N) is 2. The third-order valence-electron chi connectivity index (χ3n) is 3.45. The lowest BCUT2D eigenvalue weighted by Gasteiger charge is -2.10. The van der Waals surface area contributed by atoms with Crippen LogP contribution in [-0.2, 0) is 19.9 Å². The third-order valence-corrected chi connectivity index (χ3v) is 3.45. The van der Waals surface area contributed by atoms with E-state index < -0.39 is 0 Å². The number of fused-ring (bicyclic) bond motifs is 1. The number of aromatic nitrogens is 2. The maximum atomic E-state index is 5.97. The number of aryl methyl sites for hydroxylation is 1. The minimum atomic E-state index is 0.491. The monoisotopic (exact) mass is 213 g/mol. The van der Waals surface area contributed by atoms with E-state index in [-0.39, 0.29) is 0 Å². The fourth-order valence-corrected chi connectivity index (χ4v) is 2.72. The van der Waals surface area contributed by atoms with Crippen LogP contribution in [-0.4, -0.2) is 9.78 Å². The van der Waals surface area contributed by atoms with Crippen molar-refractivity contribution in [3.05, 3.63) is 47.3 Å². The summed E-state index contributed by atoms with van der Waals surface area (Å²) >= 11 is 0. The molecule has 82 valence electrons. The Kier molecular flexibility index (Phi) is 1.99. The molecule has 0 saturated carbocycles. The molecule has 0 radical (unpaired) electrons. The minimum absolute atomic E-state index is 0.491. The molecule has 0 spiro atoms. The summed E-state index contributed by atoms with van der Waals surface area (Å²) in [7, 11) is 1.97. The zero-order valence-corrected chi connectivity index (χ0v) is 9.35. The van der Waals surface area contributed by atoms with E-state index in [0.29, 0.717) is 5.92 Å². The van der Waals surface area contributed by atoms with Gasteiger partial charge in [0.2, 0.25) is 0 Å². The lowest BCUT2D eigenvalue weighted by Crippen LogP contribution is -2.08. The molecule has 0 aliphatic heterocycles. The van der Waals surface area contributed by atoms with Crippen LogP contribution in [0.4, 0.5) is 5.69 Å². The molecule has 1 aromatic heterocycles. The first kappa shape index (κ1) is 9.46. The Hall–Kier alpha value is -1.77. The summed E-state index contributed by atoms with van der Waals surface area (Å²) in [6.45, 7) is 0. The van der Waals surface area contributed by atoms with Crippen molar-refractivity contribution in [1.29, 1.82) is 0 Å². The van der Waals surface area contributed by atoms with Gasteiger partial charge in [0.05, 0.1) is 17.6 Å². The molecular formula is C13H15N3. The van der Waals surface area contributed by atoms with Gasteiger partial charge in [-0.2, -0.15) is 5.10 Å². The molecule has 2 aromatic rings. The van der Waals surface area contributed by atoms with Crippen LogP contribution in [0.1, 0.15) is 22.7 Å². The number of hydrogen-bond acceptors (Lipinski definition) is 2. The second-order valence-corrected chi connectivity index (χ2v) is 4.48. The lowest BCUT2D eigenvalue weighted by atomic mass is 10.0. The zero-order valence-electron chi connectivity index (χ0n) is 9.35. The quantitative estimate of drug-likeness (QED) is 0.786. The van der Waals surface area contributed by atoms with Crippen LogP contribution in [0, 0.1) is 0 Å². The van der Waals surface area contributed by atoms with E-state index in [1.54, 1.807) is 6.20 Å². The van der Waals surface area contributed by atoms with E-state index >= 15 is 0 Å². The molecule has 1 aliphatic rings. The van der Waals surface area contributed by atoms with Gasteiger partial charge in [-0.15, -0.1) is 0 Å². The predicted molar refractivity (Wildman–Crippen MR) is 64.2 cm³/mol. The summed E-state index contributed by atoms with van der Waals surface area (Å²) in [5.74, 6) is 0.491. The minimum Gasteiger partial charge on any atom is -0.396 e. The molecule has 1 aliphatic carbocycles. The van der Waals surface area contributed by atoms with Crippen molar-refractivity contribution < 1.29 is 0 Å². The van der Waals surface area contributed by atoms with Crippen LogP contribution in [0.5, 0.6) is 0 Å². The highest BCUT2D eigenvalue weighted by molar-refractivity contribution is 5.47. The van der Waals surface area contributed by atoms with Crippen molar-refractivity contribution in [3.8, 4) is 0 Å². The van der Waals surface area contributed by atoms with E-state index in [1.165, 1.54) is 16.8 Å². The van der Waals surface area contributed by atoms with Crippen LogP contribution < -0.4 is 5.73 Å². The zero-order chi connectivity index (χ0) is 11.1. The molecule has 1 aromatic carbocycles. The van der Waals surface area contributed by atoms with Gasteiger partial charge < -0.3 is 5.73 Å². The highest BCUT2D eigenvalue weighted by Crippen LogP contribution is 2.35. The van der Waals surface area contributed by atoms with Crippen molar-refractivity contribution in [2.45, 2.75) is 18.8 Å². The molecule has 0 fully saturated rings. The van der Waals surface area contributed by atoms with Crippen LogP contribution in [0.2, 0.25) is 0 Å². The Balaban J connectivity index is 1.97. The standard InChI is InChI=1S/C13H15N3/c1-16-13(12(14)8-15-16)11-6-9-4-2-3-5-10(9)7-11/h2-5,8,11H,6-7,14H2,1H3. The van der Waals surface area contributed by atoms with Gasteiger partial charge in [-0.05, 0) is 24.0 Å². The van der Waals surface area contributed by atoms with Gasteiger partial charge in [-0.25, -0.2) is 0 Å². The Morgan fingerprint density at radius 3 is 2.38 bits per heavy atom. The second-order valence-electron chi connectivity index (χ2n) is 4.48. The molecule has 0 saturated heterocycles. The Morgan fingerprint density at radius 2 is 1.88 bits per heavy atom. The maximum Gasteiger partial charge on any atom is 0.0736 e. The molecule has 3 rings (SSSR count). The van der Waals surface area contributed by atoms with Crippen LogP contribution >= 0.6 is 0 Å². The summed E-state index contributed by atoms with van der Waals surface area (Å²) in [6.07, 6.45) is 3.91. The lowest BCUT2D eigenvalue weighted by molar-refractivity contribution is 0.627. The van der Waals surface area contributed by atoms with Gasteiger partial charge in [-0.1, -0.05) is 24.3 Å². The summed E-state index contributed by atoms with van der Waals surface area (Å²) in [4.78, 5) is 0. The van der Waals surface area contributed by atoms with Crippen LogP contribution in [0.15, 0.2) is 30.5 Å². The van der Waals surface area contributed by atoms with E-state index in [0.717, 1.165) is 18.5 Å². The van der Waals surface area contributed by atoms with E-state index in [2.05, 4.69) is 29.4 Å². The molecule has 0 atom stereocenters. The largest absolute Gasteiger partial charge is 0.396 e. The number of benzene rings is 1. The Labute approximate surface area is 94.9 Å². The van der Waals surface area contributed by atoms with E-state index in [9.17, 15) is 0 Å². The van der Waals surface area contributed by atoms with Gasteiger partial charge in [0, 0.05) is 13.0 Å². The SMILES string of the molecule is Cn1ncc(N)c1C1Cc2ccccc2C1. The Bertz CT molecular complexity index is 483. The normalized spacial score (nSPS) is 15.3. The molecule has 2 N–H and O–H groups in total. The van der Waals surface area contributed by atoms with Gasteiger partial charge in [-0.3, -0.25) is 4.68 Å². The molecule has 16 heavy (non-hydrogen) atoms. The third kappa shape index (κ3) is 1.32. The fraction of sp³-hybridized carbons (Fsp3) is 0.308. The predicted octanol–water partition coefficient (Wildman–Crippen LogP) is 1.88. The molecule has 0 unspecified atom stereocenters. The fourth-order valence-electron chi connectivity index (χ4n) is 2.72. The van der Waals surface area contributed by atoms with Crippen LogP contribution in [0.3, 0.4) is 0 Å². The molecule has 3 heteroatoms. The molecule has 3 nitrogen and oxygen atoms in total. The molecule has 1 heterocycles. The Morgan fingerprint density at radius 1 is 1.25 bits per heavy atom. The number of hydrogen-bond donors (Lipinski definition) is 1. The average Bonchev–Trinajstić information content (AvgIpc) is 2.82. The van der Waals surface area contributed by atoms with Gasteiger partial charge in [0.1, 0.15) is 0 Å². The number of rotatable bonds is 1. The summed E-state index contributed by atoms with van der Waals surface area (Å²) < 4.78 is 1.91. The van der Waals surface area contributed by atoms with Gasteiger partial charge in [0.25, 0.3) is 0 Å². The highest BCUT2D eigenvalue weighted by atomic mass is 15.3. The number of anilines is 1. The van der Waals surface area contributed by atoms with E-state index in [4.69, 9.17) is 5.73 Å². The average molecular weight is 213 g/mol. The van der Waals surface area contributed by atoms with Crippen LogP contribution in [0.25, 0.3) is 0 Å². The highest BCUT2D eigenvalue weighted by Gasteiger charge is 2.26. The van der Waals surface area contributed by atoms with Crippen molar-refractivity contribution in [1.82, 2.24) is 9.78 Å². The van der Waals surface area contributed by atoms with Gasteiger partial charge >= 0.3 is 0 Å². The van der Waals surface area contributed by atoms with E-state index in [1.807, 2.05) is 11.7 Å². The molecule has 0 bridgehead atoms. The smallest absolute Gasteiger partial charge is 0.0736 e. The number of nitrogens with two attached hydrogens (primary N) is 1. The first-order valence-corrected chi connectivity index (χ1v) is 5.60. The summed E-state index contributed by atoms with van der Waals surface area (Å²) in [5, 5.41) is 4.22. The topological polar surface area (TPSA) is 43.8 Å². The van der Waals surface area contributed by atoms with Crippen molar-refractivity contribution in [2.24, 2.45) is 7.05 Å². The number of nitrogen functional groups attached to an aromatic ring is 1. The summed E-state index contributed by atoms with van der Waals surface area (Å²) in [6, 6.07) is 8.63. The summed E-state index contributed by atoms with van der Waals surface area (Å²) in [5.41, 5.74) is 10.9.